The highest BCUT2D eigenvalue weighted by molar-refractivity contribution is 5.66. The molecule has 1 heterocycles. The summed E-state index contributed by atoms with van der Waals surface area (Å²) in [5.74, 6) is -0.489. The Morgan fingerprint density at radius 1 is 1.58 bits per heavy atom. The first kappa shape index (κ1) is 9.44. The Labute approximate surface area is 69.9 Å². The van der Waals surface area contributed by atoms with E-state index in [9.17, 15) is 4.79 Å². The van der Waals surface area contributed by atoms with Gasteiger partial charge < -0.3 is 19.7 Å². The number of rotatable bonds is 1. The number of aliphatic hydroxyl groups is 2. The Hall–Kier alpha value is -0.650. The lowest BCUT2D eigenvalue weighted by atomic mass is 10.1. The summed E-state index contributed by atoms with van der Waals surface area (Å²) in [5, 5.41) is 18.2. The molecule has 0 radical (unpaired) electrons. The summed E-state index contributed by atoms with van der Waals surface area (Å²) in [6.07, 6.45) is -2.30. The zero-order valence-corrected chi connectivity index (χ0v) is 6.77. The minimum atomic E-state index is -1.11. The van der Waals surface area contributed by atoms with Crippen molar-refractivity contribution in [1.29, 1.82) is 0 Å². The molecule has 2 N–H and O–H groups in total. The Morgan fingerprint density at radius 3 is 2.83 bits per heavy atom. The van der Waals surface area contributed by atoms with Crippen LogP contribution in [-0.4, -0.2) is 41.3 Å². The molecule has 5 nitrogen and oxygen atoms in total. The van der Waals surface area contributed by atoms with Gasteiger partial charge in [0.2, 0.25) is 0 Å². The summed E-state index contributed by atoms with van der Waals surface area (Å²) in [6, 6.07) is 0. The van der Waals surface area contributed by atoms with Crippen LogP contribution in [0.25, 0.3) is 0 Å². The van der Waals surface area contributed by atoms with Crippen LogP contribution in [0.4, 0.5) is 0 Å². The molecule has 0 aromatic rings. The van der Waals surface area contributed by atoms with Crippen LogP contribution >= 0.6 is 0 Å². The molecule has 1 aliphatic rings. The SMILES string of the molecule is CC(=O)O[C@@H]1C[C@@H](O)CO[C@H]1O. The molecule has 0 aromatic carbocycles. The largest absolute Gasteiger partial charge is 0.457 e. The van der Waals surface area contributed by atoms with Crippen molar-refractivity contribution >= 4 is 5.97 Å². The second kappa shape index (κ2) is 3.84. The third kappa shape index (κ3) is 2.44. The van der Waals surface area contributed by atoms with Crippen LogP contribution in [0.1, 0.15) is 13.3 Å². The van der Waals surface area contributed by atoms with Crippen molar-refractivity contribution < 1.29 is 24.5 Å². The van der Waals surface area contributed by atoms with Crippen LogP contribution < -0.4 is 0 Å². The standard InChI is InChI=1S/C7H12O5/c1-4(8)12-6-2-5(9)3-11-7(6)10/h5-7,9-10H,2-3H2,1H3/t5-,6-,7-/m1/s1. The van der Waals surface area contributed by atoms with Gasteiger partial charge in [-0.1, -0.05) is 0 Å². The van der Waals surface area contributed by atoms with Gasteiger partial charge in [0, 0.05) is 13.3 Å². The number of esters is 1. The molecule has 1 fully saturated rings. The molecule has 0 aliphatic carbocycles. The molecule has 1 aliphatic heterocycles. The molecule has 70 valence electrons. The Kier molecular flexibility index (Phi) is 3.02. The van der Waals surface area contributed by atoms with Gasteiger partial charge >= 0.3 is 5.97 Å². The minimum absolute atomic E-state index is 0.0823. The minimum Gasteiger partial charge on any atom is -0.457 e. The molecule has 0 saturated carbocycles. The van der Waals surface area contributed by atoms with Gasteiger partial charge in [-0.2, -0.15) is 0 Å². The van der Waals surface area contributed by atoms with Crippen LogP contribution in [0, 0.1) is 0 Å². The van der Waals surface area contributed by atoms with E-state index in [1.165, 1.54) is 6.92 Å². The first-order chi connectivity index (χ1) is 5.59. The topological polar surface area (TPSA) is 76.0 Å². The Morgan fingerprint density at radius 2 is 2.25 bits per heavy atom. The molecule has 0 aromatic heterocycles. The van der Waals surface area contributed by atoms with Crippen molar-refractivity contribution in [2.75, 3.05) is 6.61 Å². The monoisotopic (exact) mass is 176 g/mol. The van der Waals surface area contributed by atoms with Gasteiger partial charge in [0.05, 0.1) is 12.7 Å². The third-order valence-electron chi connectivity index (χ3n) is 1.60. The quantitative estimate of drug-likeness (QED) is 0.502. The van der Waals surface area contributed by atoms with Gasteiger partial charge in [0.25, 0.3) is 0 Å². The highest BCUT2D eigenvalue weighted by Crippen LogP contribution is 2.15. The maximum atomic E-state index is 10.5. The van der Waals surface area contributed by atoms with Gasteiger partial charge in [-0.25, -0.2) is 0 Å². The van der Waals surface area contributed by atoms with Gasteiger partial charge in [-0.3, -0.25) is 4.79 Å². The van der Waals surface area contributed by atoms with Crippen molar-refractivity contribution in [3.05, 3.63) is 0 Å². The van der Waals surface area contributed by atoms with E-state index in [2.05, 4.69) is 0 Å². The van der Waals surface area contributed by atoms with Crippen LogP contribution in [0.5, 0.6) is 0 Å². The third-order valence-corrected chi connectivity index (χ3v) is 1.60. The highest BCUT2D eigenvalue weighted by atomic mass is 16.6. The lowest BCUT2D eigenvalue weighted by Crippen LogP contribution is -2.43. The van der Waals surface area contributed by atoms with Crippen molar-refractivity contribution in [3.63, 3.8) is 0 Å². The molecule has 3 atom stereocenters. The molecule has 0 spiro atoms. The van der Waals surface area contributed by atoms with E-state index in [0.717, 1.165) is 0 Å². The van der Waals surface area contributed by atoms with Crippen molar-refractivity contribution in [2.45, 2.75) is 31.8 Å². The number of carbonyl (C=O) groups excluding carboxylic acids is 1. The van der Waals surface area contributed by atoms with E-state index < -0.39 is 24.5 Å². The summed E-state index contributed by atoms with van der Waals surface area (Å²) in [6.45, 7) is 1.33. The summed E-state index contributed by atoms with van der Waals surface area (Å²) in [5.41, 5.74) is 0. The van der Waals surface area contributed by atoms with Crippen LogP contribution in [0.3, 0.4) is 0 Å². The van der Waals surface area contributed by atoms with E-state index in [4.69, 9.17) is 19.7 Å². The van der Waals surface area contributed by atoms with Gasteiger partial charge in [0.1, 0.15) is 0 Å². The fraction of sp³-hybridized carbons (Fsp3) is 0.857. The normalized spacial score (nSPS) is 36.1. The molecule has 0 unspecified atom stereocenters. The fourth-order valence-electron chi connectivity index (χ4n) is 1.09. The zero-order valence-electron chi connectivity index (χ0n) is 6.77. The number of ether oxygens (including phenoxy) is 2. The summed E-state index contributed by atoms with van der Waals surface area (Å²) in [4.78, 5) is 10.5. The maximum Gasteiger partial charge on any atom is 0.303 e. The Balaban J connectivity index is 2.43. The summed E-state index contributed by atoms with van der Waals surface area (Å²) in [7, 11) is 0. The molecule has 1 rings (SSSR count). The maximum absolute atomic E-state index is 10.5. The van der Waals surface area contributed by atoms with Gasteiger partial charge in [-0.15, -0.1) is 0 Å². The van der Waals surface area contributed by atoms with Gasteiger partial charge in [0.15, 0.2) is 12.4 Å². The van der Waals surface area contributed by atoms with Crippen molar-refractivity contribution in [2.24, 2.45) is 0 Å². The number of hydrogen-bond donors (Lipinski definition) is 2. The van der Waals surface area contributed by atoms with Crippen LogP contribution in [0.15, 0.2) is 0 Å². The first-order valence-electron chi connectivity index (χ1n) is 3.74. The molecular weight excluding hydrogens is 164 g/mol. The molecule has 12 heavy (non-hydrogen) atoms. The average Bonchev–Trinajstić information content (AvgIpc) is 1.96. The summed E-state index contributed by atoms with van der Waals surface area (Å²) >= 11 is 0. The molecule has 0 amide bonds. The van der Waals surface area contributed by atoms with E-state index in [1.54, 1.807) is 0 Å². The van der Waals surface area contributed by atoms with Crippen molar-refractivity contribution in [1.82, 2.24) is 0 Å². The lowest BCUT2D eigenvalue weighted by molar-refractivity contribution is -0.224. The summed E-state index contributed by atoms with van der Waals surface area (Å²) < 4.78 is 9.43. The zero-order chi connectivity index (χ0) is 9.14. The van der Waals surface area contributed by atoms with Crippen molar-refractivity contribution in [3.8, 4) is 0 Å². The highest BCUT2D eigenvalue weighted by Gasteiger charge is 2.31. The van der Waals surface area contributed by atoms with Gasteiger partial charge in [-0.05, 0) is 0 Å². The fourth-order valence-corrected chi connectivity index (χ4v) is 1.09. The number of carbonyl (C=O) groups is 1. The molecule has 1 saturated heterocycles. The molecule has 0 bridgehead atoms. The number of aliphatic hydroxyl groups excluding tert-OH is 2. The molecule has 5 heteroatoms. The first-order valence-corrected chi connectivity index (χ1v) is 3.74. The van der Waals surface area contributed by atoms with E-state index >= 15 is 0 Å². The predicted octanol–water partition coefficient (Wildman–Crippen LogP) is -0.982. The van der Waals surface area contributed by atoms with Crippen LogP contribution in [-0.2, 0) is 14.3 Å². The van der Waals surface area contributed by atoms with Crippen LogP contribution in [0.2, 0.25) is 0 Å². The predicted molar refractivity (Wildman–Crippen MR) is 38.1 cm³/mol. The lowest BCUT2D eigenvalue weighted by Gasteiger charge is -2.29. The number of hydrogen-bond acceptors (Lipinski definition) is 5. The molecular formula is C7H12O5. The Bertz CT molecular complexity index is 169. The average molecular weight is 176 g/mol. The van der Waals surface area contributed by atoms with E-state index in [-0.39, 0.29) is 13.0 Å². The smallest absolute Gasteiger partial charge is 0.303 e. The second-order valence-electron chi connectivity index (χ2n) is 2.76. The van der Waals surface area contributed by atoms with E-state index in [1.807, 2.05) is 0 Å². The second-order valence-corrected chi connectivity index (χ2v) is 2.76. The van der Waals surface area contributed by atoms with E-state index in [0.29, 0.717) is 0 Å².